The summed E-state index contributed by atoms with van der Waals surface area (Å²) in [5.74, 6) is -0.882. The van der Waals surface area contributed by atoms with Gasteiger partial charge in [0, 0.05) is 15.7 Å². The number of carbonyl (C=O) groups is 1. The summed E-state index contributed by atoms with van der Waals surface area (Å²) in [7, 11) is 0. The molecule has 0 aliphatic carbocycles. The minimum Gasteiger partial charge on any atom is -0.282 e. The number of amides is 1. The molecule has 1 aromatic carbocycles. The molecule has 0 radical (unpaired) electrons. The minimum atomic E-state index is -0.462. The SMILES string of the molecule is Cc1cc(C(=O)NN=Cc2cc(Br)ccc2F)n[nH]1. The van der Waals surface area contributed by atoms with Gasteiger partial charge in [-0.15, -0.1) is 0 Å². The first-order valence-electron chi connectivity index (χ1n) is 5.37. The third kappa shape index (κ3) is 3.47. The second-order valence-corrected chi connectivity index (χ2v) is 4.72. The maximum atomic E-state index is 13.4. The van der Waals surface area contributed by atoms with E-state index in [-0.39, 0.29) is 11.3 Å². The van der Waals surface area contributed by atoms with Crippen molar-refractivity contribution in [3.05, 3.63) is 51.5 Å². The molecule has 0 saturated heterocycles. The lowest BCUT2D eigenvalue weighted by molar-refractivity contribution is 0.0950. The predicted molar refractivity (Wildman–Crippen MR) is 72.5 cm³/mol. The van der Waals surface area contributed by atoms with E-state index in [1.54, 1.807) is 25.1 Å². The molecule has 2 N–H and O–H groups in total. The van der Waals surface area contributed by atoms with Crippen molar-refractivity contribution in [3.8, 4) is 0 Å². The van der Waals surface area contributed by atoms with E-state index < -0.39 is 11.7 Å². The largest absolute Gasteiger partial charge is 0.291 e. The molecule has 2 aromatic rings. The summed E-state index contributed by atoms with van der Waals surface area (Å²) in [6, 6.07) is 6.04. The maximum Gasteiger partial charge on any atom is 0.291 e. The molecular formula is C12H10BrFN4O. The normalized spacial score (nSPS) is 10.9. The van der Waals surface area contributed by atoms with Crippen LogP contribution in [0.25, 0.3) is 0 Å². The third-order valence-corrected chi connectivity index (χ3v) is 2.76. The molecule has 2 rings (SSSR count). The number of benzene rings is 1. The number of aromatic amines is 1. The Morgan fingerprint density at radius 3 is 3.00 bits per heavy atom. The van der Waals surface area contributed by atoms with E-state index in [0.29, 0.717) is 0 Å². The molecule has 5 nitrogen and oxygen atoms in total. The van der Waals surface area contributed by atoms with Gasteiger partial charge in [-0.25, -0.2) is 9.82 Å². The molecular weight excluding hydrogens is 315 g/mol. The van der Waals surface area contributed by atoms with Gasteiger partial charge in [0.25, 0.3) is 5.91 Å². The second kappa shape index (κ2) is 5.75. The molecule has 1 amide bonds. The van der Waals surface area contributed by atoms with Gasteiger partial charge in [-0.2, -0.15) is 10.2 Å². The number of nitrogens with one attached hydrogen (secondary N) is 2. The molecule has 0 unspecified atom stereocenters. The molecule has 19 heavy (non-hydrogen) atoms. The van der Waals surface area contributed by atoms with Crippen LogP contribution in [0.5, 0.6) is 0 Å². The zero-order valence-corrected chi connectivity index (χ0v) is 11.5. The van der Waals surface area contributed by atoms with Crippen molar-refractivity contribution >= 4 is 28.1 Å². The third-order valence-electron chi connectivity index (χ3n) is 2.27. The van der Waals surface area contributed by atoms with Gasteiger partial charge in [0.2, 0.25) is 0 Å². The number of rotatable bonds is 3. The molecule has 1 aromatic heterocycles. The Kier molecular flexibility index (Phi) is 4.06. The first-order valence-corrected chi connectivity index (χ1v) is 6.16. The number of nitrogens with zero attached hydrogens (tertiary/aromatic N) is 2. The van der Waals surface area contributed by atoms with E-state index in [9.17, 15) is 9.18 Å². The Balaban J connectivity index is 2.04. The smallest absolute Gasteiger partial charge is 0.282 e. The van der Waals surface area contributed by atoms with Crippen LogP contribution < -0.4 is 5.43 Å². The molecule has 0 bridgehead atoms. The van der Waals surface area contributed by atoms with Gasteiger partial charge in [0.05, 0.1) is 6.21 Å². The van der Waals surface area contributed by atoms with Crippen molar-refractivity contribution in [2.24, 2.45) is 5.10 Å². The van der Waals surface area contributed by atoms with Crippen LogP contribution in [-0.2, 0) is 0 Å². The van der Waals surface area contributed by atoms with Crippen LogP contribution in [0.3, 0.4) is 0 Å². The minimum absolute atomic E-state index is 0.226. The number of aromatic nitrogens is 2. The molecule has 0 saturated carbocycles. The summed E-state index contributed by atoms with van der Waals surface area (Å²) >= 11 is 3.23. The van der Waals surface area contributed by atoms with Gasteiger partial charge in [-0.3, -0.25) is 9.89 Å². The summed E-state index contributed by atoms with van der Waals surface area (Å²) in [6.45, 7) is 1.78. The number of hydrazone groups is 1. The van der Waals surface area contributed by atoms with Gasteiger partial charge in [-0.05, 0) is 31.2 Å². The van der Waals surface area contributed by atoms with Gasteiger partial charge in [0.15, 0.2) is 5.69 Å². The van der Waals surface area contributed by atoms with Crippen LogP contribution >= 0.6 is 15.9 Å². The van der Waals surface area contributed by atoms with Crippen molar-refractivity contribution in [2.75, 3.05) is 0 Å². The van der Waals surface area contributed by atoms with E-state index in [0.717, 1.165) is 10.2 Å². The summed E-state index contributed by atoms with van der Waals surface area (Å²) in [6.07, 6.45) is 1.23. The summed E-state index contributed by atoms with van der Waals surface area (Å²) in [4.78, 5) is 11.6. The van der Waals surface area contributed by atoms with E-state index in [4.69, 9.17) is 0 Å². The van der Waals surface area contributed by atoms with Gasteiger partial charge < -0.3 is 0 Å². The molecule has 0 spiro atoms. The Morgan fingerprint density at radius 1 is 1.53 bits per heavy atom. The highest BCUT2D eigenvalue weighted by Gasteiger charge is 2.07. The van der Waals surface area contributed by atoms with E-state index >= 15 is 0 Å². The predicted octanol–water partition coefficient (Wildman–Crippen LogP) is 2.38. The number of halogens is 2. The lowest BCUT2D eigenvalue weighted by Gasteiger charge is -1.98. The topological polar surface area (TPSA) is 70.1 Å². The van der Waals surface area contributed by atoms with E-state index in [2.05, 4.69) is 36.7 Å². The number of aryl methyl sites for hydroxylation is 1. The Labute approximate surface area is 117 Å². The molecule has 0 fully saturated rings. The Morgan fingerprint density at radius 2 is 2.32 bits per heavy atom. The first-order chi connectivity index (χ1) is 9.06. The standard InChI is InChI=1S/C12H10BrFN4O/c1-7-4-11(17-16-7)12(19)18-15-6-8-5-9(13)2-3-10(8)14/h2-6H,1H3,(H,16,17)(H,18,19). The molecule has 0 aliphatic rings. The fourth-order valence-electron chi connectivity index (χ4n) is 1.37. The monoisotopic (exact) mass is 324 g/mol. The van der Waals surface area contributed by atoms with Crippen LogP contribution in [0, 0.1) is 12.7 Å². The van der Waals surface area contributed by atoms with Crippen molar-refractivity contribution < 1.29 is 9.18 Å². The zero-order valence-electron chi connectivity index (χ0n) is 9.95. The van der Waals surface area contributed by atoms with E-state index in [1.807, 2.05) is 0 Å². The fourth-order valence-corrected chi connectivity index (χ4v) is 1.74. The highest BCUT2D eigenvalue weighted by Crippen LogP contribution is 2.13. The fraction of sp³-hybridized carbons (Fsp3) is 0.0833. The Bertz CT molecular complexity index is 638. The highest BCUT2D eigenvalue weighted by atomic mass is 79.9. The van der Waals surface area contributed by atoms with Crippen molar-refractivity contribution in [3.63, 3.8) is 0 Å². The van der Waals surface area contributed by atoms with Crippen LogP contribution in [0.15, 0.2) is 33.8 Å². The van der Waals surface area contributed by atoms with Crippen LogP contribution in [-0.4, -0.2) is 22.3 Å². The van der Waals surface area contributed by atoms with Crippen LogP contribution in [0.1, 0.15) is 21.7 Å². The van der Waals surface area contributed by atoms with Gasteiger partial charge >= 0.3 is 0 Å². The highest BCUT2D eigenvalue weighted by molar-refractivity contribution is 9.10. The summed E-state index contributed by atoms with van der Waals surface area (Å²) in [5.41, 5.74) is 3.54. The molecule has 1 heterocycles. The zero-order chi connectivity index (χ0) is 13.8. The number of hydrogen-bond acceptors (Lipinski definition) is 3. The summed E-state index contributed by atoms with van der Waals surface area (Å²) in [5, 5.41) is 10.1. The lowest BCUT2D eigenvalue weighted by atomic mass is 10.2. The van der Waals surface area contributed by atoms with Crippen LogP contribution in [0.4, 0.5) is 4.39 Å². The van der Waals surface area contributed by atoms with Gasteiger partial charge in [-0.1, -0.05) is 15.9 Å². The first kappa shape index (κ1) is 13.4. The lowest BCUT2D eigenvalue weighted by Crippen LogP contribution is -2.18. The average molecular weight is 325 g/mol. The number of carbonyl (C=O) groups excluding carboxylic acids is 1. The molecule has 98 valence electrons. The molecule has 7 heteroatoms. The van der Waals surface area contributed by atoms with E-state index in [1.165, 1.54) is 12.3 Å². The van der Waals surface area contributed by atoms with Crippen molar-refractivity contribution in [1.29, 1.82) is 0 Å². The average Bonchev–Trinajstić information content (AvgIpc) is 2.80. The van der Waals surface area contributed by atoms with Crippen molar-refractivity contribution in [2.45, 2.75) is 6.92 Å². The second-order valence-electron chi connectivity index (χ2n) is 3.80. The van der Waals surface area contributed by atoms with Crippen molar-refractivity contribution in [1.82, 2.24) is 15.6 Å². The quantitative estimate of drug-likeness (QED) is 0.672. The Hall–Kier alpha value is -2.02. The summed E-state index contributed by atoms with van der Waals surface area (Å²) < 4.78 is 14.1. The maximum absolute atomic E-state index is 13.4. The molecule has 0 aliphatic heterocycles. The number of hydrogen-bond donors (Lipinski definition) is 2. The van der Waals surface area contributed by atoms with Crippen LogP contribution in [0.2, 0.25) is 0 Å². The van der Waals surface area contributed by atoms with Gasteiger partial charge in [0.1, 0.15) is 5.82 Å². The molecule has 0 atom stereocenters. The number of H-pyrrole nitrogens is 1.